The molecule has 1 heterocycles. The number of nitro groups is 1. The largest absolute Gasteiger partial charge is 0.294 e. The van der Waals surface area contributed by atoms with Gasteiger partial charge in [0, 0.05) is 17.3 Å². The highest BCUT2D eigenvalue weighted by atomic mass is 35.5. The van der Waals surface area contributed by atoms with E-state index < -0.39 is 10.8 Å². The molecule has 0 saturated heterocycles. The van der Waals surface area contributed by atoms with Gasteiger partial charge in [0.15, 0.2) is 0 Å². The molecule has 1 amide bonds. The van der Waals surface area contributed by atoms with Gasteiger partial charge in [-0.05, 0) is 17.7 Å². The van der Waals surface area contributed by atoms with Gasteiger partial charge in [-0.1, -0.05) is 41.9 Å². The number of carbonyl (C=O) groups excluding carboxylic acids is 1. The standard InChI is InChI=1S/C17H14ClN5O3/c18-14-6-2-1-5-12(14)10-22-11-13(9-19-22)17(24)21-20-15-7-3-4-8-16(15)23(25)26/h1-9,11,20H,10H2,(H,21,24). The van der Waals surface area contributed by atoms with E-state index in [9.17, 15) is 14.9 Å². The van der Waals surface area contributed by atoms with Crippen molar-refractivity contribution in [2.45, 2.75) is 6.54 Å². The normalized spacial score (nSPS) is 10.3. The molecule has 8 nitrogen and oxygen atoms in total. The quantitative estimate of drug-likeness (QED) is 0.511. The SMILES string of the molecule is O=C(NNc1ccccc1[N+](=O)[O-])c1cnn(Cc2ccccc2Cl)c1. The maximum atomic E-state index is 12.2. The number of hydrazine groups is 1. The number of anilines is 1. The number of nitro benzene ring substituents is 1. The molecule has 2 N–H and O–H groups in total. The Morgan fingerprint density at radius 1 is 1.19 bits per heavy atom. The van der Waals surface area contributed by atoms with Crippen molar-refractivity contribution in [3.05, 3.63) is 87.2 Å². The monoisotopic (exact) mass is 371 g/mol. The zero-order valence-corrected chi connectivity index (χ0v) is 14.2. The molecule has 3 rings (SSSR count). The van der Waals surface area contributed by atoms with Crippen molar-refractivity contribution in [2.75, 3.05) is 5.43 Å². The third-order valence-electron chi connectivity index (χ3n) is 3.60. The van der Waals surface area contributed by atoms with Gasteiger partial charge in [0.2, 0.25) is 0 Å². The number of nitrogens with one attached hydrogen (secondary N) is 2. The van der Waals surface area contributed by atoms with Crippen LogP contribution in [0.3, 0.4) is 0 Å². The smallest absolute Gasteiger partial charge is 0.292 e. The van der Waals surface area contributed by atoms with Crippen LogP contribution in [0.25, 0.3) is 0 Å². The van der Waals surface area contributed by atoms with E-state index in [1.807, 2.05) is 18.2 Å². The van der Waals surface area contributed by atoms with Crippen LogP contribution in [-0.4, -0.2) is 20.6 Å². The second-order valence-electron chi connectivity index (χ2n) is 5.37. The van der Waals surface area contributed by atoms with Gasteiger partial charge in [0.25, 0.3) is 11.6 Å². The first-order valence-electron chi connectivity index (χ1n) is 7.60. The molecular weight excluding hydrogens is 358 g/mol. The molecule has 0 spiro atoms. The van der Waals surface area contributed by atoms with Crippen LogP contribution in [0.1, 0.15) is 15.9 Å². The number of amides is 1. The van der Waals surface area contributed by atoms with E-state index in [1.54, 1.807) is 29.1 Å². The van der Waals surface area contributed by atoms with Gasteiger partial charge in [-0.2, -0.15) is 5.10 Å². The highest BCUT2D eigenvalue weighted by Gasteiger charge is 2.14. The molecule has 26 heavy (non-hydrogen) atoms. The van der Waals surface area contributed by atoms with Crippen LogP contribution in [0, 0.1) is 10.1 Å². The van der Waals surface area contributed by atoms with Crippen LogP contribution < -0.4 is 10.9 Å². The van der Waals surface area contributed by atoms with E-state index in [2.05, 4.69) is 16.0 Å². The molecule has 0 radical (unpaired) electrons. The lowest BCUT2D eigenvalue weighted by Crippen LogP contribution is -2.29. The van der Waals surface area contributed by atoms with E-state index >= 15 is 0 Å². The Morgan fingerprint density at radius 2 is 1.92 bits per heavy atom. The molecule has 1 aromatic heterocycles. The summed E-state index contributed by atoms with van der Waals surface area (Å²) in [5.41, 5.74) is 6.23. The molecular formula is C17H14ClN5O3. The predicted octanol–water partition coefficient (Wildman–Crippen LogP) is 3.25. The highest BCUT2D eigenvalue weighted by molar-refractivity contribution is 6.31. The Bertz CT molecular complexity index is 957. The average molecular weight is 372 g/mol. The third-order valence-corrected chi connectivity index (χ3v) is 3.97. The summed E-state index contributed by atoms with van der Waals surface area (Å²) < 4.78 is 1.58. The zero-order chi connectivity index (χ0) is 18.5. The van der Waals surface area contributed by atoms with Crippen LogP contribution in [0.4, 0.5) is 11.4 Å². The van der Waals surface area contributed by atoms with Crippen LogP contribution in [0.2, 0.25) is 5.02 Å². The summed E-state index contributed by atoms with van der Waals surface area (Å²) in [5, 5.41) is 15.7. The number of carbonyl (C=O) groups is 1. The number of hydrogen-bond acceptors (Lipinski definition) is 5. The topological polar surface area (TPSA) is 102 Å². The van der Waals surface area contributed by atoms with E-state index in [-0.39, 0.29) is 11.4 Å². The first-order valence-corrected chi connectivity index (χ1v) is 7.98. The lowest BCUT2D eigenvalue weighted by molar-refractivity contribution is -0.384. The maximum absolute atomic E-state index is 12.2. The van der Waals surface area contributed by atoms with Gasteiger partial charge >= 0.3 is 0 Å². The van der Waals surface area contributed by atoms with E-state index in [4.69, 9.17) is 11.6 Å². The molecule has 0 atom stereocenters. The van der Waals surface area contributed by atoms with E-state index in [0.717, 1.165) is 5.56 Å². The third kappa shape index (κ3) is 3.98. The van der Waals surface area contributed by atoms with Crippen molar-refractivity contribution in [2.24, 2.45) is 0 Å². The first-order chi connectivity index (χ1) is 12.5. The molecule has 0 fully saturated rings. The minimum absolute atomic E-state index is 0.137. The molecule has 0 saturated carbocycles. The Hall–Kier alpha value is -3.39. The molecule has 132 valence electrons. The minimum atomic E-state index is -0.532. The number of benzene rings is 2. The number of rotatable bonds is 6. The van der Waals surface area contributed by atoms with Crippen molar-refractivity contribution in [1.82, 2.24) is 15.2 Å². The van der Waals surface area contributed by atoms with Crippen molar-refractivity contribution in [1.29, 1.82) is 0 Å². The molecule has 0 aliphatic heterocycles. The fourth-order valence-corrected chi connectivity index (χ4v) is 2.50. The van der Waals surface area contributed by atoms with Crippen molar-refractivity contribution in [3.8, 4) is 0 Å². The van der Waals surface area contributed by atoms with Crippen molar-refractivity contribution in [3.63, 3.8) is 0 Å². The van der Waals surface area contributed by atoms with Crippen molar-refractivity contribution < 1.29 is 9.72 Å². The zero-order valence-electron chi connectivity index (χ0n) is 13.4. The summed E-state index contributed by atoms with van der Waals surface area (Å²) in [4.78, 5) is 22.6. The number of hydrogen-bond donors (Lipinski definition) is 2. The number of nitrogens with zero attached hydrogens (tertiary/aromatic N) is 3. The summed E-state index contributed by atoms with van der Waals surface area (Å²) in [7, 11) is 0. The van der Waals surface area contributed by atoms with Crippen LogP contribution in [0.5, 0.6) is 0 Å². The summed E-state index contributed by atoms with van der Waals surface area (Å²) in [5.74, 6) is -0.464. The van der Waals surface area contributed by atoms with Gasteiger partial charge in [-0.3, -0.25) is 30.4 Å². The van der Waals surface area contributed by atoms with E-state index in [1.165, 1.54) is 18.3 Å². The van der Waals surface area contributed by atoms with Gasteiger partial charge in [0.1, 0.15) is 5.69 Å². The van der Waals surface area contributed by atoms with Gasteiger partial charge in [-0.25, -0.2) is 0 Å². The van der Waals surface area contributed by atoms with Gasteiger partial charge in [0.05, 0.1) is 23.2 Å². The summed E-state index contributed by atoms with van der Waals surface area (Å²) in [6, 6.07) is 13.4. The highest BCUT2D eigenvalue weighted by Crippen LogP contribution is 2.22. The molecule has 0 aliphatic rings. The Morgan fingerprint density at radius 3 is 2.69 bits per heavy atom. The van der Waals surface area contributed by atoms with Gasteiger partial charge in [-0.15, -0.1) is 0 Å². The Balaban J connectivity index is 1.66. The fourth-order valence-electron chi connectivity index (χ4n) is 2.30. The second-order valence-corrected chi connectivity index (χ2v) is 5.78. The first kappa shape index (κ1) is 17.4. The van der Waals surface area contributed by atoms with E-state index in [0.29, 0.717) is 17.1 Å². The molecule has 0 aliphatic carbocycles. The molecule has 0 unspecified atom stereocenters. The summed E-state index contributed by atoms with van der Waals surface area (Å²) in [6.07, 6.45) is 2.98. The molecule has 0 bridgehead atoms. The molecule has 2 aromatic carbocycles. The average Bonchev–Trinajstić information content (AvgIpc) is 3.10. The molecule has 9 heteroatoms. The van der Waals surface area contributed by atoms with Crippen LogP contribution >= 0.6 is 11.6 Å². The lowest BCUT2D eigenvalue weighted by Gasteiger charge is -2.07. The second kappa shape index (κ2) is 7.66. The Kier molecular flexibility index (Phi) is 5.14. The van der Waals surface area contributed by atoms with Crippen LogP contribution in [0.15, 0.2) is 60.9 Å². The summed E-state index contributed by atoms with van der Waals surface area (Å²) >= 11 is 6.12. The number of aromatic nitrogens is 2. The molecule has 3 aromatic rings. The maximum Gasteiger partial charge on any atom is 0.294 e. The predicted molar refractivity (Wildman–Crippen MR) is 97.0 cm³/mol. The number of para-hydroxylation sites is 2. The van der Waals surface area contributed by atoms with Gasteiger partial charge < -0.3 is 0 Å². The van der Waals surface area contributed by atoms with Crippen molar-refractivity contribution >= 4 is 28.9 Å². The summed E-state index contributed by atoms with van der Waals surface area (Å²) in [6.45, 7) is 0.421. The van der Waals surface area contributed by atoms with Crippen LogP contribution in [-0.2, 0) is 6.54 Å². The fraction of sp³-hybridized carbons (Fsp3) is 0.0588. The minimum Gasteiger partial charge on any atom is -0.292 e. The number of halogens is 1. The Labute approximate surface area is 153 Å². The lowest BCUT2D eigenvalue weighted by atomic mass is 10.2.